The number of benzene rings is 3. The van der Waals surface area contributed by atoms with Gasteiger partial charge in [-0.1, -0.05) is 48.5 Å². The van der Waals surface area contributed by atoms with Gasteiger partial charge in [-0.25, -0.2) is 0 Å². The average molecular weight is 408 g/mol. The normalized spacial score (nSPS) is 10.8. The molecule has 3 aromatic rings. The molecule has 0 fully saturated rings. The van der Waals surface area contributed by atoms with Crippen molar-refractivity contribution in [3.8, 4) is 33.8 Å². The molecule has 0 heterocycles. The molecule has 0 atom stereocenters. The first-order chi connectivity index (χ1) is 14.8. The van der Waals surface area contributed by atoms with Crippen molar-refractivity contribution in [3.05, 3.63) is 72.8 Å². The smallest absolute Gasteiger partial charge is 0.119 e. The first-order valence-electron chi connectivity index (χ1n) is 10.0. The van der Waals surface area contributed by atoms with E-state index >= 15 is 0 Å². The Balaban J connectivity index is 1.42. The molecule has 1 N–H and O–H groups in total. The second-order valence-corrected chi connectivity index (χ2v) is 6.71. The molecule has 0 saturated heterocycles. The molecular formula is C25H28O5. The van der Waals surface area contributed by atoms with E-state index in [1.165, 1.54) is 0 Å². The van der Waals surface area contributed by atoms with E-state index < -0.39 is 0 Å². The highest BCUT2D eigenvalue weighted by atomic mass is 16.6. The van der Waals surface area contributed by atoms with E-state index in [1.54, 1.807) is 19.2 Å². The van der Waals surface area contributed by atoms with Crippen molar-refractivity contribution in [2.24, 2.45) is 0 Å². The van der Waals surface area contributed by atoms with Gasteiger partial charge in [-0.3, -0.25) is 0 Å². The highest BCUT2D eigenvalue weighted by Gasteiger charge is 2.02. The van der Waals surface area contributed by atoms with Crippen LogP contribution < -0.4 is 4.74 Å². The van der Waals surface area contributed by atoms with Crippen LogP contribution in [0.2, 0.25) is 0 Å². The number of hydrogen-bond donors (Lipinski definition) is 1. The number of phenolic OH excluding ortho intramolecular Hbond substituents is 1. The summed E-state index contributed by atoms with van der Waals surface area (Å²) in [5, 5.41) is 9.42. The molecule has 0 unspecified atom stereocenters. The van der Waals surface area contributed by atoms with Crippen LogP contribution in [0.4, 0.5) is 0 Å². The summed E-state index contributed by atoms with van der Waals surface area (Å²) in [6, 6.07) is 23.6. The third kappa shape index (κ3) is 6.88. The van der Waals surface area contributed by atoms with Crippen molar-refractivity contribution in [3.63, 3.8) is 0 Å². The topological polar surface area (TPSA) is 57.2 Å². The number of hydrogen-bond acceptors (Lipinski definition) is 5. The van der Waals surface area contributed by atoms with E-state index in [-0.39, 0.29) is 5.75 Å². The van der Waals surface area contributed by atoms with Gasteiger partial charge in [-0.05, 0) is 46.5 Å². The molecule has 5 heteroatoms. The predicted molar refractivity (Wildman–Crippen MR) is 118 cm³/mol. The highest BCUT2D eigenvalue weighted by Crippen LogP contribution is 2.27. The second-order valence-electron chi connectivity index (χ2n) is 6.71. The minimum absolute atomic E-state index is 0.274. The molecule has 0 radical (unpaired) electrons. The van der Waals surface area contributed by atoms with E-state index in [0.29, 0.717) is 39.6 Å². The molecule has 3 rings (SSSR count). The lowest BCUT2D eigenvalue weighted by atomic mass is 10.0. The average Bonchev–Trinajstić information content (AvgIpc) is 2.79. The van der Waals surface area contributed by atoms with Crippen molar-refractivity contribution >= 4 is 0 Å². The van der Waals surface area contributed by atoms with Gasteiger partial charge in [0, 0.05) is 7.11 Å². The first-order valence-corrected chi connectivity index (χ1v) is 10.0. The van der Waals surface area contributed by atoms with Gasteiger partial charge < -0.3 is 24.1 Å². The fourth-order valence-electron chi connectivity index (χ4n) is 2.94. The summed E-state index contributed by atoms with van der Waals surface area (Å²) >= 11 is 0. The number of aromatic hydroxyl groups is 1. The molecular weight excluding hydrogens is 380 g/mol. The third-order valence-corrected chi connectivity index (χ3v) is 4.57. The van der Waals surface area contributed by atoms with Gasteiger partial charge in [-0.2, -0.15) is 0 Å². The molecule has 30 heavy (non-hydrogen) atoms. The van der Waals surface area contributed by atoms with Gasteiger partial charge in [0.1, 0.15) is 18.1 Å². The Morgan fingerprint density at radius 2 is 0.933 bits per heavy atom. The monoisotopic (exact) mass is 408 g/mol. The highest BCUT2D eigenvalue weighted by molar-refractivity contribution is 5.70. The van der Waals surface area contributed by atoms with Gasteiger partial charge >= 0.3 is 0 Å². The van der Waals surface area contributed by atoms with Crippen molar-refractivity contribution in [2.75, 3.05) is 46.8 Å². The zero-order valence-corrected chi connectivity index (χ0v) is 17.3. The standard InChI is InChI=1S/C25H28O5/c1-27-14-15-28-16-17-29-18-19-30-25-12-8-23(9-13-25)21-4-2-20(3-5-21)22-6-10-24(26)11-7-22/h2-13,26H,14-19H2,1H3. The maximum Gasteiger partial charge on any atom is 0.119 e. The van der Waals surface area contributed by atoms with Crippen molar-refractivity contribution in [2.45, 2.75) is 0 Å². The number of methoxy groups -OCH3 is 1. The first kappa shape index (κ1) is 21.8. The lowest BCUT2D eigenvalue weighted by molar-refractivity contribution is 0.0180. The van der Waals surface area contributed by atoms with Crippen LogP contribution in [0.15, 0.2) is 72.8 Å². The van der Waals surface area contributed by atoms with Crippen LogP contribution >= 0.6 is 0 Å². The second kappa shape index (κ2) is 12.0. The predicted octanol–water partition coefficient (Wildman–Crippen LogP) is 4.78. The zero-order chi connectivity index (χ0) is 21.0. The maximum atomic E-state index is 9.42. The van der Waals surface area contributed by atoms with E-state index in [9.17, 15) is 5.11 Å². The summed E-state index contributed by atoms with van der Waals surface area (Å²) in [6.07, 6.45) is 0. The SMILES string of the molecule is COCCOCCOCCOc1ccc(-c2ccc(-c3ccc(O)cc3)cc2)cc1. The number of rotatable bonds is 12. The van der Waals surface area contributed by atoms with Crippen LogP contribution in [0.5, 0.6) is 11.5 Å². The lowest BCUT2D eigenvalue weighted by Gasteiger charge is -2.09. The van der Waals surface area contributed by atoms with Crippen molar-refractivity contribution in [1.82, 2.24) is 0 Å². The van der Waals surface area contributed by atoms with E-state index in [2.05, 4.69) is 36.4 Å². The van der Waals surface area contributed by atoms with Crippen molar-refractivity contribution < 1.29 is 24.1 Å². The third-order valence-electron chi connectivity index (χ3n) is 4.57. The summed E-state index contributed by atoms with van der Waals surface area (Å²) in [4.78, 5) is 0. The molecule has 0 saturated carbocycles. The number of ether oxygens (including phenoxy) is 4. The fraction of sp³-hybridized carbons (Fsp3) is 0.280. The quantitative estimate of drug-likeness (QED) is 0.437. The maximum absolute atomic E-state index is 9.42. The van der Waals surface area contributed by atoms with Gasteiger partial charge in [-0.15, -0.1) is 0 Å². The minimum Gasteiger partial charge on any atom is -0.508 e. The fourth-order valence-corrected chi connectivity index (χ4v) is 2.94. The molecule has 0 aliphatic carbocycles. The summed E-state index contributed by atoms with van der Waals surface area (Å²) in [7, 11) is 1.65. The molecule has 158 valence electrons. The summed E-state index contributed by atoms with van der Waals surface area (Å²) in [5.41, 5.74) is 4.46. The van der Waals surface area contributed by atoms with Crippen LogP contribution in [0.25, 0.3) is 22.3 Å². The van der Waals surface area contributed by atoms with Crippen LogP contribution in [-0.2, 0) is 14.2 Å². The Hall–Kier alpha value is -2.86. The Morgan fingerprint density at radius 1 is 0.533 bits per heavy atom. The van der Waals surface area contributed by atoms with E-state index in [4.69, 9.17) is 18.9 Å². The van der Waals surface area contributed by atoms with Gasteiger partial charge in [0.25, 0.3) is 0 Å². The molecule has 5 nitrogen and oxygen atoms in total. The Morgan fingerprint density at radius 3 is 1.43 bits per heavy atom. The van der Waals surface area contributed by atoms with Crippen LogP contribution in [0, 0.1) is 0 Å². The summed E-state index contributed by atoms with van der Waals surface area (Å²) in [5.74, 6) is 1.09. The van der Waals surface area contributed by atoms with Crippen molar-refractivity contribution in [1.29, 1.82) is 0 Å². The molecule has 3 aromatic carbocycles. The number of phenols is 1. The summed E-state index contributed by atoms with van der Waals surface area (Å²) < 4.78 is 21.4. The largest absolute Gasteiger partial charge is 0.508 e. The van der Waals surface area contributed by atoms with E-state index in [0.717, 1.165) is 28.0 Å². The molecule has 0 spiro atoms. The van der Waals surface area contributed by atoms with Crippen LogP contribution in [0.3, 0.4) is 0 Å². The molecule has 0 amide bonds. The van der Waals surface area contributed by atoms with Gasteiger partial charge in [0.15, 0.2) is 0 Å². The molecule has 0 aromatic heterocycles. The minimum atomic E-state index is 0.274. The summed E-state index contributed by atoms with van der Waals surface area (Å²) in [6.45, 7) is 3.31. The van der Waals surface area contributed by atoms with E-state index in [1.807, 2.05) is 24.3 Å². The Bertz CT molecular complexity index is 858. The molecule has 0 bridgehead atoms. The van der Waals surface area contributed by atoms with Crippen LogP contribution in [0.1, 0.15) is 0 Å². The zero-order valence-electron chi connectivity index (χ0n) is 17.3. The van der Waals surface area contributed by atoms with Crippen LogP contribution in [-0.4, -0.2) is 51.9 Å². The molecule has 0 aliphatic heterocycles. The Labute approximate surface area is 177 Å². The molecule has 0 aliphatic rings. The van der Waals surface area contributed by atoms with Gasteiger partial charge in [0.2, 0.25) is 0 Å². The lowest BCUT2D eigenvalue weighted by Crippen LogP contribution is -2.12. The Kier molecular flexibility index (Phi) is 8.72. The van der Waals surface area contributed by atoms with Gasteiger partial charge in [0.05, 0.1) is 33.0 Å².